The maximum Gasteiger partial charge on any atom is 0.258 e. The molecule has 0 aromatic carbocycles. The average Bonchev–Trinajstić information content (AvgIpc) is 3.18. The SMILES string of the molecule is CCN1CCC(c2cn3c(=O)cc(-c4cc5c(C)nc(C)cn5c4)nc3c(C)n2)CC1. The van der Waals surface area contributed by atoms with Crippen LogP contribution in [0.4, 0.5) is 0 Å². The van der Waals surface area contributed by atoms with Crippen LogP contribution >= 0.6 is 0 Å². The minimum Gasteiger partial charge on any atom is -0.320 e. The van der Waals surface area contributed by atoms with E-state index in [1.165, 1.54) is 0 Å². The monoisotopic (exact) mass is 416 g/mol. The highest BCUT2D eigenvalue weighted by atomic mass is 16.1. The second kappa shape index (κ2) is 7.57. The van der Waals surface area contributed by atoms with Crippen LogP contribution in [0.5, 0.6) is 0 Å². The van der Waals surface area contributed by atoms with Crippen molar-refractivity contribution in [1.82, 2.24) is 28.7 Å². The van der Waals surface area contributed by atoms with Gasteiger partial charge in [-0.25, -0.2) is 4.98 Å². The van der Waals surface area contributed by atoms with Crippen molar-refractivity contribution in [1.29, 1.82) is 0 Å². The summed E-state index contributed by atoms with van der Waals surface area (Å²) in [6, 6.07) is 3.67. The van der Waals surface area contributed by atoms with Crippen molar-refractivity contribution in [3.8, 4) is 11.3 Å². The molecule has 1 aliphatic rings. The Kier molecular flexibility index (Phi) is 4.85. The van der Waals surface area contributed by atoms with Gasteiger partial charge in [0.2, 0.25) is 0 Å². The minimum absolute atomic E-state index is 0.0703. The van der Waals surface area contributed by atoms with Gasteiger partial charge < -0.3 is 9.30 Å². The Hall–Kier alpha value is -3.06. The van der Waals surface area contributed by atoms with Crippen LogP contribution in [0.15, 0.2) is 35.5 Å². The van der Waals surface area contributed by atoms with Crippen LogP contribution in [-0.4, -0.2) is 48.3 Å². The van der Waals surface area contributed by atoms with Gasteiger partial charge in [0, 0.05) is 36.1 Å². The third-order valence-electron chi connectivity index (χ3n) is 6.47. The lowest BCUT2D eigenvalue weighted by Gasteiger charge is -2.30. The van der Waals surface area contributed by atoms with Crippen molar-refractivity contribution in [3.05, 3.63) is 63.9 Å². The van der Waals surface area contributed by atoms with Crippen LogP contribution in [0, 0.1) is 20.8 Å². The quantitative estimate of drug-likeness (QED) is 0.511. The summed E-state index contributed by atoms with van der Waals surface area (Å²) in [5, 5.41) is 0. The molecule has 4 aromatic heterocycles. The zero-order chi connectivity index (χ0) is 21.7. The first-order chi connectivity index (χ1) is 14.9. The van der Waals surface area contributed by atoms with Gasteiger partial charge in [-0.3, -0.25) is 19.2 Å². The highest BCUT2D eigenvalue weighted by Crippen LogP contribution is 2.28. The van der Waals surface area contributed by atoms with Gasteiger partial charge in [-0.1, -0.05) is 6.92 Å². The van der Waals surface area contributed by atoms with E-state index in [0.29, 0.717) is 17.3 Å². The first-order valence-corrected chi connectivity index (χ1v) is 11.0. The molecule has 0 atom stereocenters. The normalized spacial score (nSPS) is 15.9. The summed E-state index contributed by atoms with van der Waals surface area (Å²) in [6.45, 7) is 11.4. The Labute approximate surface area is 181 Å². The molecule has 0 bridgehead atoms. The van der Waals surface area contributed by atoms with Crippen LogP contribution in [0.25, 0.3) is 22.4 Å². The van der Waals surface area contributed by atoms with Gasteiger partial charge in [-0.2, -0.15) is 0 Å². The topological polar surface area (TPSA) is 67.8 Å². The fourth-order valence-electron chi connectivity index (χ4n) is 4.73. The molecule has 5 heterocycles. The molecule has 1 saturated heterocycles. The Morgan fingerprint density at radius 1 is 0.968 bits per heavy atom. The van der Waals surface area contributed by atoms with Crippen molar-refractivity contribution in [2.75, 3.05) is 19.6 Å². The lowest BCUT2D eigenvalue weighted by Crippen LogP contribution is -2.33. The van der Waals surface area contributed by atoms with Crippen molar-refractivity contribution in [3.63, 3.8) is 0 Å². The van der Waals surface area contributed by atoms with Crippen molar-refractivity contribution >= 4 is 11.2 Å². The number of hydrogen-bond acceptors (Lipinski definition) is 5. The fourth-order valence-corrected chi connectivity index (χ4v) is 4.73. The standard InChI is InChI=1S/C24H28N6O/c1-5-28-8-6-18(7-9-28)21-14-30-23(31)11-20(27-24(30)17(4)26-21)19-10-22-16(3)25-15(2)12-29(22)13-19/h10-14,18H,5-9H2,1-4H3. The predicted octanol–water partition coefficient (Wildman–Crippen LogP) is 3.53. The molecule has 0 unspecified atom stereocenters. The van der Waals surface area contributed by atoms with E-state index in [-0.39, 0.29) is 5.56 Å². The van der Waals surface area contributed by atoms with Gasteiger partial charge in [0.25, 0.3) is 5.56 Å². The second-order valence-electron chi connectivity index (χ2n) is 8.62. The number of aromatic nitrogens is 5. The summed E-state index contributed by atoms with van der Waals surface area (Å²) >= 11 is 0. The van der Waals surface area contributed by atoms with Crippen LogP contribution < -0.4 is 5.56 Å². The molecule has 7 heteroatoms. The molecular weight excluding hydrogens is 388 g/mol. The number of piperidine rings is 1. The first-order valence-electron chi connectivity index (χ1n) is 11.0. The highest BCUT2D eigenvalue weighted by molar-refractivity contribution is 5.70. The molecule has 0 N–H and O–H groups in total. The first kappa shape index (κ1) is 19.9. The van der Waals surface area contributed by atoms with Crippen molar-refractivity contribution in [2.45, 2.75) is 46.5 Å². The van der Waals surface area contributed by atoms with Crippen LogP contribution in [0.2, 0.25) is 0 Å². The van der Waals surface area contributed by atoms with Crippen LogP contribution in [0.3, 0.4) is 0 Å². The molecular formula is C24H28N6O. The van der Waals surface area contributed by atoms with E-state index in [4.69, 9.17) is 9.97 Å². The Balaban J connectivity index is 1.56. The number of aryl methyl sites for hydroxylation is 3. The van der Waals surface area contributed by atoms with Gasteiger partial charge in [-0.15, -0.1) is 0 Å². The summed E-state index contributed by atoms with van der Waals surface area (Å²) < 4.78 is 3.72. The van der Waals surface area contributed by atoms with Crippen molar-refractivity contribution in [2.24, 2.45) is 0 Å². The van der Waals surface area contributed by atoms with Gasteiger partial charge in [0.1, 0.15) is 0 Å². The molecule has 0 radical (unpaired) electrons. The molecule has 4 aromatic rings. The van der Waals surface area contributed by atoms with Crippen LogP contribution in [0.1, 0.15) is 48.5 Å². The summed E-state index contributed by atoms with van der Waals surface area (Å²) in [4.78, 5) is 29.7. The lowest BCUT2D eigenvalue weighted by molar-refractivity contribution is 0.220. The Morgan fingerprint density at radius 2 is 1.74 bits per heavy atom. The van der Waals surface area contributed by atoms with Gasteiger partial charge in [-0.05, 0) is 59.3 Å². The second-order valence-corrected chi connectivity index (χ2v) is 8.62. The van der Waals surface area contributed by atoms with Gasteiger partial charge >= 0.3 is 0 Å². The Bertz CT molecular complexity index is 1340. The number of rotatable bonds is 3. The van der Waals surface area contributed by atoms with Gasteiger partial charge in [0.05, 0.1) is 34.0 Å². The number of nitrogens with zero attached hydrogens (tertiary/aromatic N) is 6. The largest absolute Gasteiger partial charge is 0.320 e. The summed E-state index contributed by atoms with van der Waals surface area (Å²) in [5.41, 5.74) is 6.86. The van der Waals surface area contributed by atoms with E-state index in [9.17, 15) is 4.79 Å². The molecule has 0 saturated carbocycles. The molecule has 5 rings (SSSR count). The van der Waals surface area contributed by atoms with E-state index >= 15 is 0 Å². The summed E-state index contributed by atoms with van der Waals surface area (Å²) in [7, 11) is 0. The smallest absolute Gasteiger partial charge is 0.258 e. The third kappa shape index (κ3) is 3.53. The number of hydrogen-bond donors (Lipinski definition) is 0. The zero-order valence-electron chi connectivity index (χ0n) is 18.6. The minimum atomic E-state index is -0.0703. The fraction of sp³-hybridized carbons (Fsp3) is 0.417. The molecule has 160 valence electrons. The molecule has 1 fully saturated rings. The molecule has 0 aliphatic carbocycles. The lowest BCUT2D eigenvalue weighted by atomic mass is 9.93. The summed E-state index contributed by atoms with van der Waals surface area (Å²) in [6.07, 6.45) is 8.06. The van der Waals surface area contributed by atoms with Crippen LogP contribution in [-0.2, 0) is 0 Å². The van der Waals surface area contributed by atoms with Crippen molar-refractivity contribution < 1.29 is 0 Å². The molecule has 1 aliphatic heterocycles. The molecule has 0 spiro atoms. The number of fused-ring (bicyclic) bond motifs is 2. The molecule has 7 nitrogen and oxygen atoms in total. The Morgan fingerprint density at radius 3 is 2.48 bits per heavy atom. The predicted molar refractivity (Wildman–Crippen MR) is 122 cm³/mol. The maximum absolute atomic E-state index is 13.1. The van der Waals surface area contributed by atoms with E-state index in [1.807, 2.05) is 49.8 Å². The van der Waals surface area contributed by atoms with E-state index in [0.717, 1.165) is 66.3 Å². The molecule has 0 amide bonds. The van der Waals surface area contributed by atoms with E-state index < -0.39 is 0 Å². The third-order valence-corrected chi connectivity index (χ3v) is 6.47. The van der Waals surface area contributed by atoms with E-state index in [2.05, 4.69) is 16.8 Å². The van der Waals surface area contributed by atoms with Gasteiger partial charge in [0.15, 0.2) is 5.65 Å². The van der Waals surface area contributed by atoms with E-state index in [1.54, 1.807) is 10.5 Å². The molecule has 31 heavy (non-hydrogen) atoms. The maximum atomic E-state index is 13.1. The highest BCUT2D eigenvalue weighted by Gasteiger charge is 2.22. The zero-order valence-corrected chi connectivity index (χ0v) is 18.6. The summed E-state index contributed by atoms with van der Waals surface area (Å²) in [5.74, 6) is 0.396. The number of likely N-dealkylation sites (tertiary alicyclic amines) is 1. The average molecular weight is 417 g/mol.